The highest BCUT2D eigenvalue weighted by atomic mass is 32.1. The smallest absolute Gasteiger partial charge is 0.267 e. The molecule has 120 valence electrons. The van der Waals surface area contributed by atoms with Gasteiger partial charge in [-0.2, -0.15) is 0 Å². The third-order valence-corrected chi connectivity index (χ3v) is 4.85. The molecule has 6 heteroatoms. The maximum Gasteiger partial charge on any atom is 0.267 e. The minimum absolute atomic E-state index is 0.0490. The number of benzene rings is 1. The molecule has 1 aromatic carbocycles. The summed E-state index contributed by atoms with van der Waals surface area (Å²) in [5, 5.41) is 2.87. The molecule has 0 fully saturated rings. The zero-order chi connectivity index (χ0) is 16.7. The molecule has 2 aromatic heterocycles. The Balaban J connectivity index is 1.72. The van der Waals surface area contributed by atoms with Gasteiger partial charge in [-0.15, -0.1) is 11.3 Å². The molecular weight excluding hydrogens is 322 g/mol. The van der Waals surface area contributed by atoms with E-state index >= 15 is 0 Å². The van der Waals surface area contributed by atoms with Gasteiger partial charge in [0.1, 0.15) is 10.8 Å². The number of thiazole rings is 1. The van der Waals surface area contributed by atoms with Crippen LogP contribution in [-0.4, -0.2) is 29.0 Å². The first-order chi connectivity index (χ1) is 11.6. The van der Waals surface area contributed by atoms with Gasteiger partial charge in [-0.1, -0.05) is 6.07 Å². The number of hydrogen-bond acceptors (Lipinski definition) is 5. The summed E-state index contributed by atoms with van der Waals surface area (Å²) in [4.78, 5) is 22.7. The van der Waals surface area contributed by atoms with Gasteiger partial charge in [0.2, 0.25) is 0 Å². The van der Waals surface area contributed by atoms with Crippen molar-refractivity contribution >= 4 is 22.9 Å². The van der Waals surface area contributed by atoms with Crippen LogP contribution in [0.1, 0.15) is 6.92 Å². The van der Waals surface area contributed by atoms with Crippen molar-refractivity contribution in [3.8, 4) is 27.7 Å². The number of ether oxygens (including phenoxy) is 1. The van der Waals surface area contributed by atoms with E-state index in [4.69, 9.17) is 4.74 Å². The lowest BCUT2D eigenvalue weighted by Gasteiger charge is -2.30. The normalized spacial score (nSPS) is 16.7. The topological polar surface area (TPSA) is 55.3 Å². The number of nitrogens with zero attached hydrogens (tertiary/aromatic N) is 3. The number of hydrogen-bond donors (Lipinski definition) is 0. The van der Waals surface area contributed by atoms with E-state index in [2.05, 4.69) is 9.97 Å². The lowest BCUT2D eigenvalue weighted by atomic mass is 10.1. The quantitative estimate of drug-likeness (QED) is 0.717. The van der Waals surface area contributed by atoms with Crippen LogP contribution in [0, 0.1) is 0 Å². The minimum atomic E-state index is -0.455. The summed E-state index contributed by atoms with van der Waals surface area (Å²) in [5.41, 5.74) is 3.44. The van der Waals surface area contributed by atoms with Crippen molar-refractivity contribution < 1.29 is 9.53 Å². The Morgan fingerprint density at radius 1 is 1.21 bits per heavy atom. The number of carbonyl (C=O) groups is 1. The second kappa shape index (κ2) is 5.72. The summed E-state index contributed by atoms with van der Waals surface area (Å²) in [7, 11) is 1.77. The van der Waals surface area contributed by atoms with Crippen LogP contribution in [0.5, 0.6) is 5.75 Å². The number of anilines is 1. The van der Waals surface area contributed by atoms with Gasteiger partial charge in [0, 0.05) is 24.2 Å². The Kier molecular flexibility index (Phi) is 3.54. The molecule has 1 aliphatic rings. The predicted molar refractivity (Wildman–Crippen MR) is 94.3 cm³/mol. The van der Waals surface area contributed by atoms with E-state index in [1.807, 2.05) is 41.8 Å². The fourth-order valence-corrected chi connectivity index (χ4v) is 3.49. The van der Waals surface area contributed by atoms with E-state index in [9.17, 15) is 4.79 Å². The van der Waals surface area contributed by atoms with Crippen LogP contribution in [0.25, 0.3) is 22.0 Å². The molecule has 0 N–H and O–H groups in total. The third-order valence-electron chi connectivity index (χ3n) is 3.99. The first-order valence-electron chi connectivity index (χ1n) is 7.59. The van der Waals surface area contributed by atoms with Crippen molar-refractivity contribution in [1.82, 2.24) is 9.97 Å². The van der Waals surface area contributed by atoms with Gasteiger partial charge in [-0.05, 0) is 37.3 Å². The van der Waals surface area contributed by atoms with Gasteiger partial charge in [-0.25, -0.2) is 4.98 Å². The third kappa shape index (κ3) is 2.45. The summed E-state index contributed by atoms with van der Waals surface area (Å²) in [6, 6.07) is 11.6. The molecule has 1 aliphatic heterocycles. The van der Waals surface area contributed by atoms with Crippen LogP contribution < -0.4 is 9.64 Å². The maximum atomic E-state index is 12.1. The number of rotatable bonds is 2. The summed E-state index contributed by atoms with van der Waals surface area (Å²) in [6.45, 7) is 1.76. The molecule has 4 rings (SSSR count). The molecule has 24 heavy (non-hydrogen) atoms. The van der Waals surface area contributed by atoms with Crippen LogP contribution in [0.15, 0.2) is 48.0 Å². The molecule has 0 bridgehead atoms. The Morgan fingerprint density at radius 2 is 2.08 bits per heavy atom. The monoisotopic (exact) mass is 337 g/mol. The average molecular weight is 337 g/mol. The van der Waals surface area contributed by atoms with E-state index in [0.717, 1.165) is 27.6 Å². The first kappa shape index (κ1) is 14.8. The fraction of sp³-hybridized carbons (Fsp3) is 0.167. The van der Waals surface area contributed by atoms with E-state index in [-0.39, 0.29) is 5.91 Å². The number of amides is 1. The molecule has 0 aliphatic carbocycles. The van der Waals surface area contributed by atoms with Crippen molar-refractivity contribution in [2.24, 2.45) is 0 Å². The maximum absolute atomic E-state index is 12.1. The van der Waals surface area contributed by atoms with Crippen LogP contribution in [0.2, 0.25) is 0 Å². The minimum Gasteiger partial charge on any atom is -0.479 e. The van der Waals surface area contributed by atoms with Gasteiger partial charge in [0.05, 0.1) is 17.1 Å². The number of fused-ring (bicyclic) bond motifs is 1. The summed E-state index contributed by atoms with van der Waals surface area (Å²) in [5.74, 6) is 0.667. The summed E-state index contributed by atoms with van der Waals surface area (Å²) in [6.07, 6.45) is 1.30. The second-order valence-electron chi connectivity index (χ2n) is 5.59. The van der Waals surface area contributed by atoms with Crippen molar-refractivity contribution in [3.05, 3.63) is 48.0 Å². The van der Waals surface area contributed by atoms with Crippen LogP contribution in [0.3, 0.4) is 0 Å². The molecule has 1 atom stereocenters. The van der Waals surface area contributed by atoms with Crippen molar-refractivity contribution in [3.63, 3.8) is 0 Å². The Hall–Kier alpha value is -2.73. The molecule has 0 saturated carbocycles. The number of pyridine rings is 1. The van der Waals surface area contributed by atoms with Crippen molar-refractivity contribution in [1.29, 1.82) is 0 Å². The van der Waals surface area contributed by atoms with Crippen LogP contribution in [0.4, 0.5) is 5.69 Å². The van der Waals surface area contributed by atoms with E-state index in [1.165, 1.54) is 0 Å². The van der Waals surface area contributed by atoms with E-state index < -0.39 is 6.10 Å². The highest BCUT2D eigenvalue weighted by Gasteiger charge is 2.29. The molecule has 0 radical (unpaired) electrons. The second-order valence-corrected chi connectivity index (χ2v) is 6.45. The zero-order valence-electron chi connectivity index (χ0n) is 13.3. The molecule has 3 aromatic rings. The predicted octanol–water partition coefficient (Wildman–Crippen LogP) is 3.62. The van der Waals surface area contributed by atoms with E-state index in [0.29, 0.717) is 5.75 Å². The van der Waals surface area contributed by atoms with E-state index in [1.54, 1.807) is 36.4 Å². The lowest BCUT2D eigenvalue weighted by Crippen LogP contribution is -2.41. The number of aromatic nitrogens is 2. The first-order valence-corrected chi connectivity index (χ1v) is 8.47. The fourth-order valence-electron chi connectivity index (χ4n) is 2.68. The summed E-state index contributed by atoms with van der Waals surface area (Å²) < 4.78 is 5.66. The Bertz CT molecular complexity index is 908. The van der Waals surface area contributed by atoms with Gasteiger partial charge in [-0.3, -0.25) is 9.78 Å². The zero-order valence-corrected chi connectivity index (χ0v) is 14.1. The lowest BCUT2D eigenvalue weighted by molar-refractivity contribution is -0.125. The molecule has 1 unspecified atom stereocenters. The SMILES string of the molecule is CC1Oc2ccc(-c3csc(-c4ccccn4)n3)cc2N(C)C1=O. The summed E-state index contributed by atoms with van der Waals surface area (Å²) >= 11 is 1.55. The highest BCUT2D eigenvalue weighted by molar-refractivity contribution is 7.13. The standard InChI is InChI=1S/C18H15N3O2S/c1-11-18(22)21(2)15-9-12(6-7-16(15)23-11)14-10-24-17(20-14)13-5-3-4-8-19-13/h3-11H,1-2H3. The largest absolute Gasteiger partial charge is 0.479 e. The van der Waals surface area contributed by atoms with Gasteiger partial charge < -0.3 is 9.64 Å². The molecular formula is C18H15N3O2S. The van der Waals surface area contributed by atoms with Crippen LogP contribution >= 0.6 is 11.3 Å². The van der Waals surface area contributed by atoms with Crippen molar-refractivity contribution in [2.75, 3.05) is 11.9 Å². The van der Waals surface area contributed by atoms with Crippen molar-refractivity contribution in [2.45, 2.75) is 13.0 Å². The number of likely N-dealkylation sites (N-methyl/N-ethyl adjacent to an activating group) is 1. The van der Waals surface area contributed by atoms with Crippen LogP contribution in [-0.2, 0) is 4.79 Å². The molecule has 0 saturated heterocycles. The highest BCUT2D eigenvalue weighted by Crippen LogP contribution is 2.37. The Morgan fingerprint density at radius 3 is 2.88 bits per heavy atom. The van der Waals surface area contributed by atoms with Gasteiger partial charge in [0.25, 0.3) is 5.91 Å². The molecule has 1 amide bonds. The van der Waals surface area contributed by atoms with Gasteiger partial charge >= 0.3 is 0 Å². The van der Waals surface area contributed by atoms with Gasteiger partial charge in [0.15, 0.2) is 6.10 Å². The Labute approximate surface area is 143 Å². The number of carbonyl (C=O) groups excluding carboxylic acids is 1. The molecule has 5 nitrogen and oxygen atoms in total. The molecule has 3 heterocycles. The molecule has 0 spiro atoms. The average Bonchev–Trinajstić information content (AvgIpc) is 3.10.